The van der Waals surface area contributed by atoms with Crippen LogP contribution in [0.1, 0.15) is 20.8 Å². The molecule has 0 aliphatic heterocycles. The summed E-state index contributed by atoms with van der Waals surface area (Å²) in [5.74, 6) is 0.575. The van der Waals surface area contributed by atoms with Crippen molar-refractivity contribution in [3.8, 4) is 0 Å². The normalized spacial score (nSPS) is 11.1. The van der Waals surface area contributed by atoms with Crippen molar-refractivity contribution in [3.05, 3.63) is 10.7 Å². The Labute approximate surface area is 109 Å². The van der Waals surface area contributed by atoms with Crippen LogP contribution in [-0.4, -0.2) is 28.0 Å². The number of nitrogens with two attached hydrogens (primary N) is 1. The van der Waals surface area contributed by atoms with Gasteiger partial charge in [0.05, 0.1) is 4.47 Å². The van der Waals surface area contributed by atoms with Gasteiger partial charge in [-0.05, 0) is 36.7 Å². The van der Waals surface area contributed by atoms with E-state index in [9.17, 15) is 4.79 Å². The number of aromatic nitrogens is 2. The van der Waals surface area contributed by atoms with Crippen LogP contribution in [0.3, 0.4) is 0 Å². The molecule has 1 aromatic heterocycles. The predicted octanol–water partition coefficient (Wildman–Crippen LogP) is 1.35. The van der Waals surface area contributed by atoms with E-state index in [2.05, 4.69) is 36.5 Å². The molecule has 0 saturated heterocycles. The first-order chi connectivity index (χ1) is 7.86. The lowest BCUT2D eigenvalue weighted by Crippen LogP contribution is -2.45. The summed E-state index contributed by atoms with van der Waals surface area (Å²) in [4.78, 5) is 19.6. The van der Waals surface area contributed by atoms with Crippen molar-refractivity contribution in [2.24, 2.45) is 5.73 Å². The predicted molar refractivity (Wildman–Crippen MR) is 70.8 cm³/mol. The number of hydrogen-bond donors (Lipinski definition) is 3. The van der Waals surface area contributed by atoms with Crippen LogP contribution < -0.4 is 16.4 Å². The van der Waals surface area contributed by atoms with Gasteiger partial charge in [0, 0.05) is 12.7 Å². The Morgan fingerprint density at radius 3 is 2.76 bits per heavy atom. The molecule has 0 saturated carbocycles. The first-order valence-electron chi connectivity index (χ1n) is 5.21. The second-order valence-corrected chi connectivity index (χ2v) is 4.89. The quantitative estimate of drug-likeness (QED) is 0.763. The fraction of sp³-hybridized carbons (Fsp3) is 0.500. The maximum absolute atomic E-state index is 11.2. The Bertz CT molecular complexity index is 421. The highest BCUT2D eigenvalue weighted by Gasteiger charge is 2.26. The topological polar surface area (TPSA) is 92.9 Å². The molecule has 0 aliphatic rings. The lowest BCUT2D eigenvalue weighted by atomic mass is 10.1. The van der Waals surface area contributed by atoms with E-state index in [0.717, 1.165) is 6.54 Å². The number of primary amides is 1. The number of nitrogens with zero attached hydrogens (tertiary/aromatic N) is 2. The number of rotatable bonds is 5. The molecule has 94 valence electrons. The van der Waals surface area contributed by atoms with Crippen LogP contribution in [0.4, 0.5) is 11.8 Å². The second kappa shape index (κ2) is 5.31. The molecular formula is C10H16BrN5O. The Hall–Kier alpha value is -1.37. The van der Waals surface area contributed by atoms with Gasteiger partial charge >= 0.3 is 0 Å². The zero-order valence-electron chi connectivity index (χ0n) is 10.0. The minimum absolute atomic E-state index is 0.451. The summed E-state index contributed by atoms with van der Waals surface area (Å²) < 4.78 is 0.675. The summed E-state index contributed by atoms with van der Waals surface area (Å²) in [7, 11) is 0. The monoisotopic (exact) mass is 301 g/mol. The molecule has 4 N–H and O–H groups in total. The summed E-state index contributed by atoms with van der Waals surface area (Å²) in [6.45, 7) is 6.06. The number of carbonyl (C=O) groups excluding carboxylic acids is 1. The molecule has 17 heavy (non-hydrogen) atoms. The Morgan fingerprint density at radius 2 is 2.24 bits per heavy atom. The number of anilines is 2. The molecule has 1 amide bonds. The van der Waals surface area contributed by atoms with Crippen LogP contribution >= 0.6 is 15.9 Å². The number of carbonyl (C=O) groups is 1. The van der Waals surface area contributed by atoms with Gasteiger partial charge in [-0.25, -0.2) is 4.98 Å². The molecule has 0 spiro atoms. The third kappa shape index (κ3) is 3.55. The van der Waals surface area contributed by atoms with E-state index < -0.39 is 11.4 Å². The highest BCUT2D eigenvalue weighted by atomic mass is 79.9. The van der Waals surface area contributed by atoms with E-state index in [0.29, 0.717) is 16.2 Å². The second-order valence-electron chi connectivity index (χ2n) is 4.03. The molecule has 0 unspecified atom stereocenters. The van der Waals surface area contributed by atoms with Gasteiger partial charge in [0.25, 0.3) is 0 Å². The van der Waals surface area contributed by atoms with E-state index in [-0.39, 0.29) is 0 Å². The summed E-state index contributed by atoms with van der Waals surface area (Å²) in [5.41, 5.74) is 4.41. The van der Waals surface area contributed by atoms with Crippen molar-refractivity contribution in [2.75, 3.05) is 17.2 Å². The average molecular weight is 302 g/mol. The first-order valence-corrected chi connectivity index (χ1v) is 6.00. The fourth-order valence-electron chi connectivity index (χ4n) is 1.06. The van der Waals surface area contributed by atoms with Gasteiger partial charge < -0.3 is 16.4 Å². The van der Waals surface area contributed by atoms with Gasteiger partial charge in [0.1, 0.15) is 11.4 Å². The minimum atomic E-state index is -0.875. The molecule has 0 fully saturated rings. The maximum Gasteiger partial charge on any atom is 0.242 e. The minimum Gasteiger partial charge on any atom is -0.368 e. The lowest BCUT2D eigenvalue weighted by molar-refractivity contribution is -0.121. The third-order valence-electron chi connectivity index (χ3n) is 2.13. The standard InChI is InChI=1S/C10H16BrN5O/c1-4-13-9-14-5-6(11)7(15-9)16-10(2,3)8(12)17/h5H,4H2,1-3H3,(H2,12,17)(H2,13,14,15,16). The fourth-order valence-corrected chi connectivity index (χ4v) is 1.35. The smallest absolute Gasteiger partial charge is 0.242 e. The summed E-state index contributed by atoms with van der Waals surface area (Å²) in [5, 5.41) is 5.96. The van der Waals surface area contributed by atoms with E-state index in [4.69, 9.17) is 5.73 Å². The van der Waals surface area contributed by atoms with Crippen LogP contribution in [0.15, 0.2) is 10.7 Å². The molecule has 0 bridgehead atoms. The van der Waals surface area contributed by atoms with Crippen LogP contribution in [0.25, 0.3) is 0 Å². The van der Waals surface area contributed by atoms with E-state index in [1.807, 2.05) is 6.92 Å². The van der Waals surface area contributed by atoms with Crippen molar-refractivity contribution < 1.29 is 4.79 Å². The number of nitrogens with one attached hydrogen (secondary N) is 2. The first kappa shape index (κ1) is 13.7. The van der Waals surface area contributed by atoms with E-state index in [1.54, 1.807) is 20.0 Å². The Morgan fingerprint density at radius 1 is 1.59 bits per heavy atom. The molecule has 1 heterocycles. The van der Waals surface area contributed by atoms with Crippen molar-refractivity contribution in [1.82, 2.24) is 9.97 Å². The highest BCUT2D eigenvalue weighted by Crippen LogP contribution is 2.23. The molecule has 1 rings (SSSR count). The summed E-state index contributed by atoms with van der Waals surface area (Å²) >= 11 is 3.32. The number of hydrogen-bond acceptors (Lipinski definition) is 5. The van der Waals surface area contributed by atoms with Gasteiger partial charge in [-0.15, -0.1) is 0 Å². The van der Waals surface area contributed by atoms with Crippen LogP contribution in [0, 0.1) is 0 Å². The van der Waals surface area contributed by atoms with Crippen molar-refractivity contribution >= 4 is 33.6 Å². The number of amides is 1. The summed E-state index contributed by atoms with van der Waals surface area (Å²) in [6.07, 6.45) is 1.62. The van der Waals surface area contributed by atoms with Gasteiger partial charge in [-0.2, -0.15) is 4.98 Å². The molecule has 1 aromatic rings. The molecule has 0 aliphatic carbocycles. The van der Waals surface area contributed by atoms with Crippen LogP contribution in [0.5, 0.6) is 0 Å². The van der Waals surface area contributed by atoms with Gasteiger partial charge in [-0.3, -0.25) is 4.79 Å². The van der Waals surface area contributed by atoms with E-state index in [1.165, 1.54) is 0 Å². The summed E-state index contributed by atoms with van der Waals surface area (Å²) in [6, 6.07) is 0. The van der Waals surface area contributed by atoms with Crippen molar-refractivity contribution in [3.63, 3.8) is 0 Å². The zero-order chi connectivity index (χ0) is 13.1. The van der Waals surface area contributed by atoms with Crippen molar-refractivity contribution in [1.29, 1.82) is 0 Å². The van der Waals surface area contributed by atoms with Gasteiger partial charge in [0.15, 0.2) is 0 Å². The van der Waals surface area contributed by atoms with Gasteiger partial charge in [0.2, 0.25) is 11.9 Å². The highest BCUT2D eigenvalue weighted by molar-refractivity contribution is 9.10. The van der Waals surface area contributed by atoms with Gasteiger partial charge in [-0.1, -0.05) is 0 Å². The molecular weight excluding hydrogens is 286 g/mol. The SMILES string of the molecule is CCNc1ncc(Br)c(NC(C)(C)C(N)=O)n1. The molecule has 0 aromatic carbocycles. The number of halogens is 1. The average Bonchev–Trinajstić information content (AvgIpc) is 2.23. The van der Waals surface area contributed by atoms with Crippen molar-refractivity contribution in [2.45, 2.75) is 26.3 Å². The van der Waals surface area contributed by atoms with Crippen LogP contribution in [-0.2, 0) is 4.79 Å². The maximum atomic E-state index is 11.2. The molecule has 7 heteroatoms. The van der Waals surface area contributed by atoms with Crippen LogP contribution in [0.2, 0.25) is 0 Å². The zero-order valence-corrected chi connectivity index (χ0v) is 11.6. The molecule has 0 atom stereocenters. The Balaban J connectivity index is 2.97. The third-order valence-corrected chi connectivity index (χ3v) is 2.71. The lowest BCUT2D eigenvalue weighted by Gasteiger charge is -2.23. The van der Waals surface area contributed by atoms with E-state index >= 15 is 0 Å². The Kier molecular flexibility index (Phi) is 4.28. The molecule has 6 nitrogen and oxygen atoms in total. The molecule has 0 radical (unpaired) electrons. The largest absolute Gasteiger partial charge is 0.368 e.